The number of rotatable bonds is 6. The first-order valence-corrected chi connectivity index (χ1v) is 10.5. The molecule has 1 aromatic carbocycles. The molecule has 1 atom stereocenters. The predicted octanol–water partition coefficient (Wildman–Crippen LogP) is 2.87. The van der Waals surface area contributed by atoms with Gasteiger partial charge in [0.1, 0.15) is 0 Å². The Kier molecular flexibility index (Phi) is 6.63. The first-order valence-electron chi connectivity index (χ1n) is 9.07. The molecule has 5 nitrogen and oxygen atoms in total. The van der Waals surface area contributed by atoms with Crippen LogP contribution >= 0.6 is 0 Å². The zero-order chi connectivity index (χ0) is 18.6. The average Bonchev–Trinajstić information content (AvgIpc) is 2.56. The van der Waals surface area contributed by atoms with E-state index in [2.05, 4.69) is 19.2 Å². The van der Waals surface area contributed by atoms with E-state index in [0.717, 1.165) is 24.0 Å². The molecule has 1 aliphatic heterocycles. The normalized spacial score (nSPS) is 19.2. The molecule has 140 valence electrons. The molecule has 1 saturated heterocycles. The number of benzene rings is 1. The van der Waals surface area contributed by atoms with Crippen LogP contribution in [0.3, 0.4) is 0 Å². The van der Waals surface area contributed by atoms with Gasteiger partial charge in [-0.1, -0.05) is 26.0 Å². The van der Waals surface area contributed by atoms with Crippen molar-refractivity contribution in [1.82, 2.24) is 9.62 Å². The van der Waals surface area contributed by atoms with Gasteiger partial charge in [0.15, 0.2) is 0 Å². The van der Waals surface area contributed by atoms with Crippen LogP contribution in [-0.4, -0.2) is 38.3 Å². The molecule has 2 rings (SSSR count). The molecule has 1 amide bonds. The third kappa shape index (κ3) is 5.05. The molecule has 1 fully saturated rings. The summed E-state index contributed by atoms with van der Waals surface area (Å²) >= 11 is 0. The maximum absolute atomic E-state index is 13.0. The Balaban J connectivity index is 2.09. The van der Waals surface area contributed by atoms with Crippen molar-refractivity contribution in [2.45, 2.75) is 51.9 Å². The minimum Gasteiger partial charge on any atom is -0.356 e. The van der Waals surface area contributed by atoms with Gasteiger partial charge in [-0.25, -0.2) is 8.42 Å². The number of hydrogen-bond acceptors (Lipinski definition) is 3. The minimum atomic E-state index is -3.56. The van der Waals surface area contributed by atoms with E-state index in [1.54, 1.807) is 6.07 Å². The van der Waals surface area contributed by atoms with Crippen LogP contribution in [0.15, 0.2) is 23.1 Å². The van der Waals surface area contributed by atoms with Gasteiger partial charge in [0.2, 0.25) is 15.9 Å². The SMILES string of the molecule is Cc1ccc(C)c(S(=O)(=O)N2CCCC(C(=O)NCCC(C)C)C2)c1. The first-order chi connectivity index (χ1) is 11.7. The number of amides is 1. The predicted molar refractivity (Wildman–Crippen MR) is 99.9 cm³/mol. The standard InChI is InChI=1S/C19H30N2O3S/c1-14(2)9-10-20-19(22)17-6-5-11-21(13-17)25(23,24)18-12-15(3)7-8-16(18)4/h7-8,12,14,17H,5-6,9-11,13H2,1-4H3,(H,20,22). The Morgan fingerprint density at radius 1 is 1.32 bits per heavy atom. The fourth-order valence-electron chi connectivity index (χ4n) is 3.13. The summed E-state index contributed by atoms with van der Waals surface area (Å²) in [6, 6.07) is 5.47. The lowest BCUT2D eigenvalue weighted by molar-refractivity contribution is -0.126. The quantitative estimate of drug-likeness (QED) is 0.842. The van der Waals surface area contributed by atoms with Crippen molar-refractivity contribution in [3.05, 3.63) is 29.3 Å². The van der Waals surface area contributed by atoms with Crippen LogP contribution in [0.2, 0.25) is 0 Å². The molecule has 1 unspecified atom stereocenters. The van der Waals surface area contributed by atoms with E-state index < -0.39 is 10.0 Å². The van der Waals surface area contributed by atoms with Crippen LogP contribution in [-0.2, 0) is 14.8 Å². The molecule has 0 saturated carbocycles. The molecule has 0 aromatic heterocycles. The highest BCUT2D eigenvalue weighted by molar-refractivity contribution is 7.89. The Morgan fingerprint density at radius 2 is 2.04 bits per heavy atom. The lowest BCUT2D eigenvalue weighted by Gasteiger charge is -2.31. The van der Waals surface area contributed by atoms with E-state index in [9.17, 15) is 13.2 Å². The van der Waals surface area contributed by atoms with Crippen molar-refractivity contribution in [2.75, 3.05) is 19.6 Å². The third-order valence-electron chi connectivity index (χ3n) is 4.74. The highest BCUT2D eigenvalue weighted by atomic mass is 32.2. The van der Waals surface area contributed by atoms with Gasteiger partial charge in [-0.15, -0.1) is 0 Å². The Labute approximate surface area is 151 Å². The highest BCUT2D eigenvalue weighted by Gasteiger charge is 2.33. The molecule has 1 heterocycles. The molecular formula is C19H30N2O3S. The van der Waals surface area contributed by atoms with Gasteiger partial charge in [0.25, 0.3) is 0 Å². The van der Waals surface area contributed by atoms with Gasteiger partial charge in [-0.2, -0.15) is 4.31 Å². The van der Waals surface area contributed by atoms with E-state index in [1.807, 2.05) is 26.0 Å². The lowest BCUT2D eigenvalue weighted by Crippen LogP contribution is -2.45. The summed E-state index contributed by atoms with van der Waals surface area (Å²) in [4.78, 5) is 12.7. The monoisotopic (exact) mass is 366 g/mol. The second kappa shape index (κ2) is 8.32. The molecule has 0 aliphatic carbocycles. The second-order valence-electron chi connectivity index (χ2n) is 7.44. The number of nitrogens with zero attached hydrogens (tertiary/aromatic N) is 1. The summed E-state index contributed by atoms with van der Waals surface area (Å²) in [7, 11) is -3.56. The van der Waals surface area contributed by atoms with Gasteiger partial charge >= 0.3 is 0 Å². The Bertz CT molecular complexity index is 713. The first kappa shape index (κ1) is 19.9. The Hall–Kier alpha value is -1.40. The average molecular weight is 367 g/mol. The van der Waals surface area contributed by atoms with E-state index in [-0.39, 0.29) is 18.4 Å². The molecule has 6 heteroatoms. The summed E-state index contributed by atoms with van der Waals surface area (Å²) in [6.45, 7) is 9.33. The molecule has 25 heavy (non-hydrogen) atoms. The Morgan fingerprint density at radius 3 is 2.72 bits per heavy atom. The number of nitrogens with one attached hydrogen (secondary N) is 1. The smallest absolute Gasteiger partial charge is 0.243 e. The summed E-state index contributed by atoms with van der Waals surface area (Å²) in [5.74, 6) is 0.246. The number of sulfonamides is 1. The van der Waals surface area contributed by atoms with Crippen LogP contribution in [0.1, 0.15) is 44.2 Å². The van der Waals surface area contributed by atoms with Gasteiger partial charge < -0.3 is 5.32 Å². The van der Waals surface area contributed by atoms with Gasteiger partial charge in [-0.3, -0.25) is 4.79 Å². The van der Waals surface area contributed by atoms with Crippen LogP contribution in [0.4, 0.5) is 0 Å². The number of carbonyl (C=O) groups excluding carboxylic acids is 1. The van der Waals surface area contributed by atoms with E-state index in [1.165, 1.54) is 4.31 Å². The lowest BCUT2D eigenvalue weighted by atomic mass is 9.98. The van der Waals surface area contributed by atoms with Crippen molar-refractivity contribution >= 4 is 15.9 Å². The third-order valence-corrected chi connectivity index (χ3v) is 6.74. The van der Waals surface area contributed by atoms with Crippen molar-refractivity contribution < 1.29 is 13.2 Å². The van der Waals surface area contributed by atoms with Crippen molar-refractivity contribution in [2.24, 2.45) is 11.8 Å². The molecule has 1 N–H and O–H groups in total. The molecular weight excluding hydrogens is 336 g/mol. The van der Waals surface area contributed by atoms with E-state index in [0.29, 0.717) is 30.3 Å². The van der Waals surface area contributed by atoms with E-state index in [4.69, 9.17) is 0 Å². The maximum Gasteiger partial charge on any atom is 0.243 e. The largest absolute Gasteiger partial charge is 0.356 e. The molecule has 1 aliphatic rings. The number of hydrogen-bond donors (Lipinski definition) is 1. The topological polar surface area (TPSA) is 66.5 Å². The summed E-state index contributed by atoms with van der Waals surface area (Å²) in [5.41, 5.74) is 1.67. The molecule has 0 bridgehead atoms. The number of piperidine rings is 1. The van der Waals surface area contributed by atoms with Gasteiger partial charge in [-0.05, 0) is 56.2 Å². The van der Waals surface area contributed by atoms with Gasteiger partial charge in [0.05, 0.1) is 10.8 Å². The number of carbonyl (C=O) groups is 1. The second-order valence-corrected chi connectivity index (χ2v) is 9.35. The van der Waals surface area contributed by atoms with Crippen molar-refractivity contribution in [3.63, 3.8) is 0 Å². The fraction of sp³-hybridized carbons (Fsp3) is 0.632. The summed E-state index contributed by atoms with van der Waals surface area (Å²) in [5, 5.41) is 2.96. The fourth-order valence-corrected chi connectivity index (χ4v) is 4.96. The number of aryl methyl sites for hydroxylation is 2. The van der Waals surface area contributed by atoms with Crippen LogP contribution in [0.5, 0.6) is 0 Å². The van der Waals surface area contributed by atoms with Crippen molar-refractivity contribution in [3.8, 4) is 0 Å². The maximum atomic E-state index is 13.0. The molecule has 0 spiro atoms. The summed E-state index contributed by atoms with van der Waals surface area (Å²) in [6.07, 6.45) is 2.39. The van der Waals surface area contributed by atoms with Crippen molar-refractivity contribution in [1.29, 1.82) is 0 Å². The summed E-state index contributed by atoms with van der Waals surface area (Å²) < 4.78 is 27.5. The minimum absolute atomic E-state index is 0.0264. The van der Waals surface area contributed by atoms with Crippen LogP contribution < -0.4 is 5.32 Å². The van der Waals surface area contributed by atoms with E-state index >= 15 is 0 Å². The van der Waals surface area contributed by atoms with Crippen LogP contribution in [0.25, 0.3) is 0 Å². The highest BCUT2D eigenvalue weighted by Crippen LogP contribution is 2.26. The van der Waals surface area contributed by atoms with Crippen LogP contribution in [0, 0.1) is 25.7 Å². The molecule has 0 radical (unpaired) electrons. The van der Waals surface area contributed by atoms with Gasteiger partial charge in [0, 0.05) is 19.6 Å². The zero-order valence-corrected chi connectivity index (χ0v) is 16.5. The molecule has 1 aromatic rings. The zero-order valence-electron chi connectivity index (χ0n) is 15.7.